The van der Waals surface area contributed by atoms with Gasteiger partial charge < -0.3 is 9.47 Å². The molecule has 3 aliphatic rings. The van der Waals surface area contributed by atoms with Gasteiger partial charge in [0.25, 0.3) is 0 Å². The third-order valence-electron chi connectivity index (χ3n) is 3.64. The summed E-state index contributed by atoms with van der Waals surface area (Å²) in [7, 11) is 0. The Hall–Kier alpha value is -1.32. The topological polar surface area (TPSA) is 52.6 Å². The number of ether oxygens (including phenoxy) is 2. The van der Waals surface area contributed by atoms with Crippen molar-refractivity contribution in [3.05, 3.63) is 12.2 Å². The van der Waals surface area contributed by atoms with Gasteiger partial charge in [0.2, 0.25) is 0 Å². The quantitative estimate of drug-likeness (QED) is 0.559. The maximum Gasteiger partial charge on any atom is 0.331 e. The van der Waals surface area contributed by atoms with Crippen LogP contribution in [0.15, 0.2) is 12.2 Å². The maximum atomic E-state index is 11.4. The Bertz CT molecular complexity index is 361. The van der Waals surface area contributed by atoms with Crippen molar-refractivity contribution in [1.82, 2.24) is 0 Å². The predicted molar refractivity (Wildman–Crippen MR) is 49.9 cm³/mol. The first-order valence-electron chi connectivity index (χ1n) is 5.30. The molecule has 2 aliphatic carbocycles. The highest BCUT2D eigenvalue weighted by molar-refractivity contribution is 5.93. The summed E-state index contributed by atoms with van der Waals surface area (Å²) in [5.74, 6) is -0.840. The van der Waals surface area contributed by atoms with Gasteiger partial charge in [-0.3, -0.25) is 0 Å². The minimum atomic E-state index is -0.509. The Morgan fingerprint density at radius 1 is 0.867 bits per heavy atom. The molecule has 15 heavy (non-hydrogen) atoms. The van der Waals surface area contributed by atoms with Crippen LogP contribution in [0.4, 0.5) is 0 Å². The lowest BCUT2D eigenvalue weighted by atomic mass is 9.73. The molecule has 0 unspecified atom stereocenters. The molecule has 4 nitrogen and oxygen atoms in total. The summed E-state index contributed by atoms with van der Waals surface area (Å²) >= 11 is 0. The Morgan fingerprint density at radius 3 is 1.67 bits per heavy atom. The van der Waals surface area contributed by atoms with Crippen molar-refractivity contribution in [2.24, 2.45) is 0 Å². The van der Waals surface area contributed by atoms with Gasteiger partial charge in [0.05, 0.1) is 0 Å². The lowest BCUT2D eigenvalue weighted by Crippen LogP contribution is -2.55. The van der Waals surface area contributed by atoms with Crippen molar-refractivity contribution in [3.8, 4) is 0 Å². The van der Waals surface area contributed by atoms with E-state index in [1.807, 2.05) is 0 Å². The normalized spacial score (nSPS) is 32.3. The van der Waals surface area contributed by atoms with Crippen LogP contribution in [0.2, 0.25) is 0 Å². The van der Waals surface area contributed by atoms with Crippen LogP contribution in [0, 0.1) is 0 Å². The molecule has 0 bridgehead atoms. The highest BCUT2D eigenvalue weighted by atomic mass is 16.6. The molecule has 0 saturated heterocycles. The zero-order valence-corrected chi connectivity index (χ0v) is 8.32. The summed E-state index contributed by atoms with van der Waals surface area (Å²) in [6, 6.07) is 0. The van der Waals surface area contributed by atoms with E-state index in [0.29, 0.717) is 0 Å². The number of fused-ring (bicyclic) bond motifs is 1. The minimum Gasteiger partial charge on any atom is -0.452 e. The van der Waals surface area contributed by atoms with E-state index in [1.54, 1.807) is 0 Å². The van der Waals surface area contributed by atoms with E-state index in [4.69, 9.17) is 9.47 Å². The van der Waals surface area contributed by atoms with Crippen LogP contribution in [0.1, 0.15) is 32.1 Å². The van der Waals surface area contributed by atoms with Crippen LogP contribution in [-0.4, -0.2) is 23.1 Å². The Labute approximate surface area is 87.2 Å². The van der Waals surface area contributed by atoms with E-state index in [1.165, 1.54) is 0 Å². The molecular formula is C11H12O4. The van der Waals surface area contributed by atoms with Gasteiger partial charge in [0.1, 0.15) is 0 Å². The predicted octanol–water partition coefficient (Wildman–Crippen LogP) is 1.10. The fourth-order valence-corrected chi connectivity index (χ4v) is 2.50. The van der Waals surface area contributed by atoms with Crippen LogP contribution in [0.25, 0.3) is 0 Å². The highest BCUT2D eigenvalue weighted by Crippen LogP contribution is 2.58. The minimum absolute atomic E-state index is 0.419. The molecule has 2 saturated carbocycles. The number of rotatable bonds is 0. The third kappa shape index (κ3) is 1.14. The van der Waals surface area contributed by atoms with Crippen LogP contribution in [0.5, 0.6) is 0 Å². The van der Waals surface area contributed by atoms with E-state index in [-0.39, 0.29) is 0 Å². The van der Waals surface area contributed by atoms with E-state index in [0.717, 1.165) is 44.3 Å². The van der Waals surface area contributed by atoms with Crippen LogP contribution in [-0.2, 0) is 19.1 Å². The largest absolute Gasteiger partial charge is 0.452 e. The average Bonchev–Trinajstić information content (AvgIpc) is 2.87. The van der Waals surface area contributed by atoms with Crippen molar-refractivity contribution < 1.29 is 19.1 Å². The lowest BCUT2D eigenvalue weighted by Gasteiger charge is -2.46. The highest BCUT2D eigenvalue weighted by Gasteiger charge is 2.67. The van der Waals surface area contributed by atoms with E-state index in [9.17, 15) is 9.59 Å². The van der Waals surface area contributed by atoms with Gasteiger partial charge in [-0.15, -0.1) is 0 Å². The van der Waals surface area contributed by atoms with Gasteiger partial charge in [-0.25, -0.2) is 9.59 Å². The van der Waals surface area contributed by atoms with Gasteiger partial charge in [0.15, 0.2) is 11.2 Å². The summed E-state index contributed by atoms with van der Waals surface area (Å²) in [6.45, 7) is 0. The molecule has 0 aromatic rings. The molecule has 0 atom stereocenters. The van der Waals surface area contributed by atoms with Crippen molar-refractivity contribution in [1.29, 1.82) is 0 Å². The molecule has 1 heterocycles. The molecule has 0 amide bonds. The standard InChI is InChI=1S/C11H12O4/c12-8-2-3-9(13)15-11(6-7-11)10(14-8)4-1-5-10/h2-3H,1,4-7H2/b3-2+. The number of hydrogen-bond donors (Lipinski definition) is 0. The molecule has 1 aliphatic heterocycles. The molecule has 0 aromatic carbocycles. The second-order valence-electron chi connectivity index (χ2n) is 4.52. The molecular weight excluding hydrogens is 196 g/mol. The summed E-state index contributed by atoms with van der Waals surface area (Å²) in [5, 5.41) is 0. The number of esters is 2. The van der Waals surface area contributed by atoms with E-state index >= 15 is 0 Å². The second-order valence-corrected chi connectivity index (χ2v) is 4.52. The number of carbonyl (C=O) groups excluding carboxylic acids is 2. The second kappa shape index (κ2) is 2.62. The van der Waals surface area contributed by atoms with Crippen LogP contribution < -0.4 is 0 Å². The third-order valence-corrected chi connectivity index (χ3v) is 3.64. The smallest absolute Gasteiger partial charge is 0.331 e. The van der Waals surface area contributed by atoms with Crippen LogP contribution in [0.3, 0.4) is 0 Å². The lowest BCUT2D eigenvalue weighted by molar-refractivity contribution is -0.205. The molecule has 4 heteroatoms. The van der Waals surface area contributed by atoms with Gasteiger partial charge in [-0.1, -0.05) is 0 Å². The van der Waals surface area contributed by atoms with E-state index < -0.39 is 23.1 Å². The Balaban J connectivity index is 1.96. The Kier molecular flexibility index (Phi) is 1.56. The first-order valence-corrected chi connectivity index (χ1v) is 5.30. The van der Waals surface area contributed by atoms with Crippen LogP contribution >= 0.6 is 0 Å². The van der Waals surface area contributed by atoms with Gasteiger partial charge in [0, 0.05) is 12.2 Å². The number of hydrogen-bond acceptors (Lipinski definition) is 4. The Morgan fingerprint density at radius 2 is 1.33 bits per heavy atom. The zero-order chi connectivity index (χ0) is 10.5. The fraction of sp³-hybridized carbons (Fsp3) is 0.636. The van der Waals surface area contributed by atoms with Crippen molar-refractivity contribution in [3.63, 3.8) is 0 Å². The molecule has 2 fully saturated rings. The first-order chi connectivity index (χ1) is 7.16. The van der Waals surface area contributed by atoms with Crippen molar-refractivity contribution in [2.45, 2.75) is 43.3 Å². The van der Waals surface area contributed by atoms with Gasteiger partial charge in [-0.05, 0) is 32.1 Å². The van der Waals surface area contributed by atoms with Gasteiger partial charge >= 0.3 is 11.9 Å². The average molecular weight is 208 g/mol. The van der Waals surface area contributed by atoms with Crippen molar-refractivity contribution >= 4 is 11.9 Å². The molecule has 80 valence electrons. The summed E-state index contributed by atoms with van der Waals surface area (Å²) < 4.78 is 10.8. The summed E-state index contributed by atoms with van der Waals surface area (Å²) in [4.78, 5) is 22.7. The summed E-state index contributed by atoms with van der Waals surface area (Å²) in [6.07, 6.45) is 6.61. The monoisotopic (exact) mass is 208 g/mol. The van der Waals surface area contributed by atoms with E-state index in [2.05, 4.69) is 0 Å². The number of carbonyl (C=O) groups is 2. The molecule has 0 aromatic heterocycles. The SMILES string of the molecule is O=C1/C=C/C(=O)OC2(CC2)C2(CCC2)O1. The molecule has 0 radical (unpaired) electrons. The van der Waals surface area contributed by atoms with Gasteiger partial charge in [-0.2, -0.15) is 0 Å². The molecule has 0 N–H and O–H groups in total. The molecule has 2 spiro atoms. The molecule has 3 rings (SSSR count). The van der Waals surface area contributed by atoms with Crippen molar-refractivity contribution in [2.75, 3.05) is 0 Å². The maximum absolute atomic E-state index is 11.4. The summed E-state index contributed by atoms with van der Waals surface area (Å²) in [5.41, 5.74) is -1.01. The first kappa shape index (κ1) is 8.95. The fourth-order valence-electron chi connectivity index (χ4n) is 2.50. The zero-order valence-electron chi connectivity index (χ0n) is 8.32.